The monoisotopic (exact) mass is 404 g/mol. The van der Waals surface area contributed by atoms with Gasteiger partial charge in [-0.3, -0.25) is 4.90 Å². The van der Waals surface area contributed by atoms with Gasteiger partial charge in [0.15, 0.2) is 0 Å². The molecule has 2 N–H and O–H groups in total. The van der Waals surface area contributed by atoms with Crippen LogP contribution in [0.2, 0.25) is 0 Å². The number of carbonyl (C=O) groups excluding carboxylic acids is 1. The van der Waals surface area contributed by atoms with Crippen molar-refractivity contribution in [1.82, 2.24) is 24.9 Å². The third kappa shape index (κ3) is 5.80. The first kappa shape index (κ1) is 20.3. The number of rotatable bonds is 8. The molecule has 1 aromatic heterocycles. The SMILES string of the molecule is CCNC(=O)NCCN1CCN(c2nc(Cc3cccc(OC)c3)ns2)CC1. The van der Waals surface area contributed by atoms with E-state index in [1.807, 2.05) is 25.1 Å². The van der Waals surface area contributed by atoms with Gasteiger partial charge in [-0.2, -0.15) is 4.37 Å². The lowest BCUT2D eigenvalue weighted by molar-refractivity contribution is 0.232. The standard InChI is InChI=1S/C19H28N6O2S/c1-3-20-18(26)21-7-8-24-9-11-25(12-10-24)19-22-17(23-28-19)14-15-5-4-6-16(13-15)27-2/h4-6,13H,3,7-12,14H2,1-2H3,(H2,20,21,26). The van der Waals surface area contributed by atoms with Crippen LogP contribution in [0, 0.1) is 0 Å². The van der Waals surface area contributed by atoms with Gasteiger partial charge in [0, 0.05) is 63.8 Å². The quantitative estimate of drug-likeness (QED) is 0.695. The summed E-state index contributed by atoms with van der Waals surface area (Å²) in [5, 5.41) is 6.60. The second-order valence-corrected chi connectivity index (χ2v) is 7.37. The topological polar surface area (TPSA) is 82.6 Å². The molecule has 2 amide bonds. The molecule has 8 nitrogen and oxygen atoms in total. The second-order valence-electron chi connectivity index (χ2n) is 6.64. The second kappa shape index (κ2) is 10.2. The maximum Gasteiger partial charge on any atom is 0.314 e. The van der Waals surface area contributed by atoms with Crippen molar-refractivity contribution in [3.8, 4) is 5.75 Å². The molecule has 0 saturated carbocycles. The minimum absolute atomic E-state index is 0.0986. The Balaban J connectivity index is 1.44. The maximum absolute atomic E-state index is 11.4. The average molecular weight is 405 g/mol. The third-order valence-corrected chi connectivity index (χ3v) is 5.46. The molecule has 1 fully saturated rings. The van der Waals surface area contributed by atoms with E-state index in [1.165, 1.54) is 11.5 Å². The Labute approximate surface area is 170 Å². The van der Waals surface area contributed by atoms with Crippen LogP contribution in [0.25, 0.3) is 0 Å². The van der Waals surface area contributed by atoms with Crippen LogP contribution >= 0.6 is 11.5 Å². The van der Waals surface area contributed by atoms with Gasteiger partial charge in [-0.05, 0) is 24.6 Å². The van der Waals surface area contributed by atoms with E-state index in [-0.39, 0.29) is 6.03 Å². The van der Waals surface area contributed by atoms with Crippen molar-refractivity contribution in [3.63, 3.8) is 0 Å². The number of methoxy groups -OCH3 is 1. The van der Waals surface area contributed by atoms with E-state index >= 15 is 0 Å². The summed E-state index contributed by atoms with van der Waals surface area (Å²) in [4.78, 5) is 20.8. The minimum Gasteiger partial charge on any atom is -0.497 e. The molecule has 0 spiro atoms. The van der Waals surface area contributed by atoms with Gasteiger partial charge in [-0.25, -0.2) is 9.78 Å². The zero-order valence-corrected chi connectivity index (χ0v) is 17.3. The van der Waals surface area contributed by atoms with Crippen LogP contribution < -0.4 is 20.3 Å². The Bertz CT molecular complexity index is 760. The van der Waals surface area contributed by atoms with E-state index in [9.17, 15) is 4.79 Å². The highest BCUT2D eigenvalue weighted by atomic mass is 32.1. The molecule has 2 heterocycles. The van der Waals surface area contributed by atoms with Gasteiger partial charge in [-0.15, -0.1) is 0 Å². The highest BCUT2D eigenvalue weighted by Gasteiger charge is 2.20. The first-order valence-electron chi connectivity index (χ1n) is 9.62. The van der Waals surface area contributed by atoms with Crippen molar-refractivity contribution in [1.29, 1.82) is 0 Å². The van der Waals surface area contributed by atoms with Gasteiger partial charge in [0.05, 0.1) is 7.11 Å². The van der Waals surface area contributed by atoms with Gasteiger partial charge < -0.3 is 20.3 Å². The van der Waals surface area contributed by atoms with Gasteiger partial charge in [0.2, 0.25) is 5.13 Å². The molecule has 9 heteroatoms. The highest BCUT2D eigenvalue weighted by Crippen LogP contribution is 2.21. The van der Waals surface area contributed by atoms with Crippen molar-refractivity contribution in [2.24, 2.45) is 0 Å². The Morgan fingerprint density at radius 2 is 2.07 bits per heavy atom. The zero-order chi connectivity index (χ0) is 19.8. The Kier molecular flexibility index (Phi) is 7.44. The average Bonchev–Trinajstić information content (AvgIpc) is 3.17. The summed E-state index contributed by atoms with van der Waals surface area (Å²) in [6.07, 6.45) is 0.707. The number of aromatic nitrogens is 2. The summed E-state index contributed by atoms with van der Waals surface area (Å²) in [6.45, 7) is 7.85. The number of carbonyl (C=O) groups is 1. The number of piperazine rings is 1. The lowest BCUT2D eigenvalue weighted by Gasteiger charge is -2.34. The normalized spacial score (nSPS) is 14.7. The van der Waals surface area contributed by atoms with Crippen LogP contribution in [0.1, 0.15) is 18.3 Å². The highest BCUT2D eigenvalue weighted by molar-refractivity contribution is 7.09. The van der Waals surface area contributed by atoms with Crippen molar-refractivity contribution in [2.75, 3.05) is 57.8 Å². The third-order valence-electron chi connectivity index (χ3n) is 4.65. The number of ether oxygens (including phenoxy) is 1. The smallest absolute Gasteiger partial charge is 0.314 e. The van der Waals surface area contributed by atoms with Crippen LogP contribution in [-0.2, 0) is 6.42 Å². The van der Waals surface area contributed by atoms with E-state index < -0.39 is 0 Å². The zero-order valence-electron chi connectivity index (χ0n) is 16.5. The maximum atomic E-state index is 11.4. The minimum atomic E-state index is -0.0986. The molecule has 0 bridgehead atoms. The molecule has 3 rings (SSSR count). The van der Waals surface area contributed by atoms with Crippen LogP contribution in [-0.4, -0.2) is 73.2 Å². The summed E-state index contributed by atoms with van der Waals surface area (Å²) in [6, 6.07) is 7.92. The first-order valence-corrected chi connectivity index (χ1v) is 10.4. The molecule has 152 valence electrons. The van der Waals surface area contributed by atoms with E-state index in [0.29, 0.717) is 19.5 Å². The molecule has 1 aliphatic rings. The number of hydrogen-bond acceptors (Lipinski definition) is 7. The number of urea groups is 1. The van der Waals surface area contributed by atoms with E-state index in [1.54, 1.807) is 7.11 Å². The molecule has 0 radical (unpaired) electrons. The number of nitrogens with zero attached hydrogens (tertiary/aromatic N) is 4. The summed E-state index contributed by atoms with van der Waals surface area (Å²) in [5.41, 5.74) is 1.15. The fourth-order valence-corrected chi connectivity index (χ4v) is 3.86. The van der Waals surface area contributed by atoms with E-state index in [4.69, 9.17) is 9.72 Å². The van der Waals surface area contributed by atoms with Crippen molar-refractivity contribution in [3.05, 3.63) is 35.7 Å². The molecule has 2 aromatic rings. The Morgan fingerprint density at radius 3 is 2.82 bits per heavy atom. The van der Waals surface area contributed by atoms with Gasteiger partial charge >= 0.3 is 6.03 Å². The summed E-state index contributed by atoms with van der Waals surface area (Å²) in [7, 11) is 1.67. The molecule has 1 aromatic carbocycles. The van der Waals surface area contributed by atoms with Crippen LogP contribution in [0.4, 0.5) is 9.93 Å². The number of anilines is 1. The van der Waals surface area contributed by atoms with Gasteiger partial charge in [0.25, 0.3) is 0 Å². The largest absolute Gasteiger partial charge is 0.497 e. The predicted octanol–water partition coefficient (Wildman–Crippen LogP) is 1.58. The van der Waals surface area contributed by atoms with E-state index in [0.717, 1.165) is 55.0 Å². The van der Waals surface area contributed by atoms with Crippen LogP contribution in [0.3, 0.4) is 0 Å². The Morgan fingerprint density at radius 1 is 1.25 bits per heavy atom. The summed E-state index contributed by atoms with van der Waals surface area (Å²) >= 11 is 1.46. The fourth-order valence-electron chi connectivity index (χ4n) is 3.12. The van der Waals surface area contributed by atoms with Crippen molar-refractivity contribution < 1.29 is 9.53 Å². The van der Waals surface area contributed by atoms with Crippen LogP contribution in [0.5, 0.6) is 5.75 Å². The molecular formula is C19H28N6O2S. The fraction of sp³-hybridized carbons (Fsp3) is 0.526. The molecule has 1 aliphatic heterocycles. The molecular weight excluding hydrogens is 376 g/mol. The van der Waals surface area contributed by atoms with Crippen molar-refractivity contribution >= 4 is 22.7 Å². The molecule has 0 aliphatic carbocycles. The summed E-state index contributed by atoms with van der Waals surface area (Å²) < 4.78 is 9.81. The molecule has 28 heavy (non-hydrogen) atoms. The van der Waals surface area contributed by atoms with E-state index in [2.05, 4.69) is 30.9 Å². The summed E-state index contributed by atoms with van der Waals surface area (Å²) in [5.74, 6) is 1.70. The lowest BCUT2D eigenvalue weighted by atomic mass is 10.1. The van der Waals surface area contributed by atoms with Crippen molar-refractivity contribution in [2.45, 2.75) is 13.3 Å². The molecule has 0 atom stereocenters. The lowest BCUT2D eigenvalue weighted by Crippen LogP contribution is -2.49. The van der Waals surface area contributed by atoms with Crippen LogP contribution in [0.15, 0.2) is 24.3 Å². The molecule has 1 saturated heterocycles. The Hall–Kier alpha value is -2.39. The number of hydrogen-bond donors (Lipinski definition) is 2. The number of benzene rings is 1. The van der Waals surface area contributed by atoms with Gasteiger partial charge in [0.1, 0.15) is 11.6 Å². The first-order chi connectivity index (χ1) is 13.7. The number of nitrogens with one attached hydrogen (secondary N) is 2. The predicted molar refractivity (Wildman–Crippen MR) is 111 cm³/mol. The number of amides is 2. The molecule has 0 unspecified atom stereocenters. The van der Waals surface area contributed by atoms with Gasteiger partial charge in [-0.1, -0.05) is 12.1 Å².